The molecular formula is C16H23BrN2O4. The third-order valence-corrected chi connectivity index (χ3v) is 4.44. The lowest BCUT2D eigenvalue weighted by Crippen LogP contribution is -2.44. The summed E-state index contributed by atoms with van der Waals surface area (Å²) in [7, 11) is 1.59. The van der Waals surface area contributed by atoms with E-state index in [2.05, 4.69) is 21.2 Å². The second-order valence-electron chi connectivity index (χ2n) is 5.30. The van der Waals surface area contributed by atoms with Gasteiger partial charge in [0.2, 0.25) is 5.91 Å². The van der Waals surface area contributed by atoms with Gasteiger partial charge in [-0.1, -0.05) is 22.0 Å². The molecule has 0 radical (unpaired) electrons. The number of rotatable bonds is 8. The van der Waals surface area contributed by atoms with Crippen LogP contribution in [0.4, 0.5) is 0 Å². The van der Waals surface area contributed by atoms with Crippen molar-refractivity contribution in [2.45, 2.75) is 32.9 Å². The average Bonchev–Trinajstić information content (AvgIpc) is 2.49. The van der Waals surface area contributed by atoms with Gasteiger partial charge in [-0.25, -0.2) is 0 Å². The SMILES string of the molecule is COc1ccc(C(C)N(CCNC(C)=O)C(C)C(=O)O)c(Br)c1. The molecule has 0 aliphatic carbocycles. The van der Waals surface area contributed by atoms with E-state index in [9.17, 15) is 14.7 Å². The molecule has 1 aromatic rings. The van der Waals surface area contributed by atoms with E-state index in [4.69, 9.17) is 4.74 Å². The number of hydrogen-bond donors (Lipinski definition) is 2. The fourth-order valence-corrected chi connectivity index (χ4v) is 3.07. The van der Waals surface area contributed by atoms with Gasteiger partial charge in [0, 0.05) is 30.5 Å². The van der Waals surface area contributed by atoms with Crippen LogP contribution < -0.4 is 10.1 Å². The molecule has 2 atom stereocenters. The first-order valence-electron chi connectivity index (χ1n) is 7.34. The molecule has 0 saturated heterocycles. The monoisotopic (exact) mass is 386 g/mol. The van der Waals surface area contributed by atoms with Crippen molar-refractivity contribution in [2.75, 3.05) is 20.2 Å². The Bertz CT molecular complexity index is 565. The van der Waals surface area contributed by atoms with Crippen molar-refractivity contribution in [3.05, 3.63) is 28.2 Å². The zero-order valence-corrected chi connectivity index (χ0v) is 15.4. The third-order valence-electron chi connectivity index (χ3n) is 3.75. The van der Waals surface area contributed by atoms with Gasteiger partial charge in [0.25, 0.3) is 0 Å². The Morgan fingerprint density at radius 2 is 2.04 bits per heavy atom. The van der Waals surface area contributed by atoms with Crippen molar-refractivity contribution >= 4 is 27.8 Å². The zero-order valence-electron chi connectivity index (χ0n) is 13.8. The Morgan fingerprint density at radius 3 is 2.52 bits per heavy atom. The van der Waals surface area contributed by atoms with Crippen LogP contribution >= 0.6 is 15.9 Å². The third kappa shape index (κ3) is 5.51. The quantitative estimate of drug-likeness (QED) is 0.717. The minimum absolute atomic E-state index is 0.133. The molecule has 2 unspecified atom stereocenters. The fraction of sp³-hybridized carbons (Fsp3) is 0.500. The molecule has 0 aliphatic heterocycles. The number of carbonyl (C=O) groups is 2. The van der Waals surface area contributed by atoms with Crippen LogP contribution in [0.15, 0.2) is 22.7 Å². The number of halogens is 1. The molecule has 0 aliphatic rings. The predicted molar refractivity (Wildman–Crippen MR) is 91.6 cm³/mol. The van der Waals surface area contributed by atoms with Gasteiger partial charge in [-0.15, -0.1) is 0 Å². The number of nitrogens with one attached hydrogen (secondary N) is 1. The highest BCUT2D eigenvalue weighted by atomic mass is 79.9. The molecule has 23 heavy (non-hydrogen) atoms. The van der Waals surface area contributed by atoms with Gasteiger partial charge in [-0.3, -0.25) is 14.5 Å². The molecule has 7 heteroatoms. The Morgan fingerprint density at radius 1 is 1.39 bits per heavy atom. The number of carboxylic acid groups (broad SMARTS) is 1. The predicted octanol–water partition coefficient (Wildman–Crippen LogP) is 2.43. The van der Waals surface area contributed by atoms with Gasteiger partial charge in [-0.05, 0) is 31.5 Å². The summed E-state index contributed by atoms with van der Waals surface area (Å²) in [6.45, 7) is 5.86. The van der Waals surface area contributed by atoms with Crippen LogP contribution in [0.25, 0.3) is 0 Å². The molecule has 0 bridgehead atoms. The highest BCUT2D eigenvalue weighted by Gasteiger charge is 2.27. The van der Waals surface area contributed by atoms with Crippen molar-refractivity contribution < 1.29 is 19.4 Å². The van der Waals surface area contributed by atoms with Gasteiger partial charge < -0.3 is 15.2 Å². The molecule has 6 nitrogen and oxygen atoms in total. The van der Waals surface area contributed by atoms with E-state index in [0.29, 0.717) is 13.1 Å². The van der Waals surface area contributed by atoms with E-state index in [1.165, 1.54) is 6.92 Å². The first-order valence-corrected chi connectivity index (χ1v) is 8.13. The normalized spacial score (nSPS) is 13.5. The molecule has 0 aromatic heterocycles. The molecular weight excluding hydrogens is 364 g/mol. The molecule has 1 rings (SSSR count). The summed E-state index contributed by atoms with van der Waals surface area (Å²) >= 11 is 3.51. The van der Waals surface area contributed by atoms with Crippen molar-refractivity contribution in [1.29, 1.82) is 0 Å². The molecule has 1 aromatic carbocycles. The zero-order chi connectivity index (χ0) is 17.6. The van der Waals surface area contributed by atoms with E-state index in [1.54, 1.807) is 14.0 Å². The average molecular weight is 387 g/mol. The summed E-state index contributed by atoms with van der Waals surface area (Å²) in [6, 6.07) is 4.79. The largest absolute Gasteiger partial charge is 0.497 e. The van der Waals surface area contributed by atoms with Crippen LogP contribution in [0.2, 0.25) is 0 Å². The number of carboxylic acids is 1. The lowest BCUT2D eigenvalue weighted by Gasteiger charge is -2.33. The van der Waals surface area contributed by atoms with Crippen molar-refractivity contribution in [1.82, 2.24) is 10.2 Å². The highest BCUT2D eigenvalue weighted by Crippen LogP contribution is 2.31. The number of aliphatic carboxylic acids is 1. The molecule has 128 valence electrons. The van der Waals surface area contributed by atoms with Crippen molar-refractivity contribution in [2.24, 2.45) is 0 Å². The van der Waals surface area contributed by atoms with Crippen molar-refractivity contribution in [3.8, 4) is 5.75 Å². The number of benzene rings is 1. The number of carbonyl (C=O) groups excluding carboxylic acids is 1. The summed E-state index contributed by atoms with van der Waals surface area (Å²) in [5, 5.41) is 12.1. The van der Waals surface area contributed by atoms with Crippen LogP contribution in [-0.2, 0) is 9.59 Å². The number of hydrogen-bond acceptors (Lipinski definition) is 4. The van der Waals surface area contributed by atoms with E-state index < -0.39 is 12.0 Å². The van der Waals surface area contributed by atoms with E-state index in [1.807, 2.05) is 30.0 Å². The molecule has 0 spiro atoms. The number of ether oxygens (including phenoxy) is 1. The standard InChI is InChI=1S/C16H23BrN2O4/c1-10(14-6-5-13(23-4)9-15(14)17)19(11(2)16(21)22)8-7-18-12(3)20/h5-6,9-11H,7-8H2,1-4H3,(H,18,20)(H,21,22). The van der Waals surface area contributed by atoms with Crippen LogP contribution in [0.5, 0.6) is 5.75 Å². The summed E-state index contributed by atoms with van der Waals surface area (Å²) in [5.74, 6) is -0.306. The highest BCUT2D eigenvalue weighted by molar-refractivity contribution is 9.10. The van der Waals surface area contributed by atoms with Crippen LogP contribution in [0.3, 0.4) is 0 Å². The molecule has 0 heterocycles. The summed E-state index contributed by atoms with van der Waals surface area (Å²) in [4.78, 5) is 24.3. The Balaban J connectivity index is 2.99. The lowest BCUT2D eigenvalue weighted by molar-refractivity contribution is -0.143. The second-order valence-corrected chi connectivity index (χ2v) is 6.15. The topological polar surface area (TPSA) is 78.9 Å². The number of methoxy groups -OCH3 is 1. The first-order chi connectivity index (χ1) is 10.8. The number of amides is 1. The summed E-state index contributed by atoms with van der Waals surface area (Å²) < 4.78 is 6.04. The minimum atomic E-state index is -0.899. The molecule has 0 fully saturated rings. The molecule has 2 N–H and O–H groups in total. The second kappa shape index (κ2) is 8.88. The summed E-state index contributed by atoms with van der Waals surface area (Å²) in [6.07, 6.45) is 0. The van der Waals surface area contributed by atoms with Crippen LogP contribution in [0, 0.1) is 0 Å². The van der Waals surface area contributed by atoms with Gasteiger partial charge in [0.15, 0.2) is 0 Å². The van der Waals surface area contributed by atoms with Gasteiger partial charge >= 0.3 is 5.97 Å². The van der Waals surface area contributed by atoms with E-state index >= 15 is 0 Å². The number of nitrogens with zero attached hydrogens (tertiary/aromatic N) is 1. The maximum atomic E-state index is 11.4. The van der Waals surface area contributed by atoms with E-state index in [-0.39, 0.29) is 11.9 Å². The Labute approximate surface area is 144 Å². The van der Waals surface area contributed by atoms with Crippen LogP contribution in [0.1, 0.15) is 32.4 Å². The summed E-state index contributed by atoms with van der Waals surface area (Å²) in [5.41, 5.74) is 0.960. The molecule has 1 amide bonds. The smallest absolute Gasteiger partial charge is 0.320 e. The van der Waals surface area contributed by atoms with Crippen LogP contribution in [-0.4, -0.2) is 48.1 Å². The lowest BCUT2D eigenvalue weighted by atomic mass is 10.0. The van der Waals surface area contributed by atoms with E-state index in [0.717, 1.165) is 15.8 Å². The van der Waals surface area contributed by atoms with Gasteiger partial charge in [0.1, 0.15) is 11.8 Å². The first kappa shape index (κ1) is 19.4. The maximum Gasteiger partial charge on any atom is 0.320 e. The minimum Gasteiger partial charge on any atom is -0.497 e. The Hall–Kier alpha value is -1.60. The van der Waals surface area contributed by atoms with Crippen molar-refractivity contribution in [3.63, 3.8) is 0 Å². The fourth-order valence-electron chi connectivity index (χ4n) is 2.38. The molecule has 0 saturated carbocycles. The Kier molecular flexibility index (Phi) is 7.51. The maximum absolute atomic E-state index is 11.4. The van der Waals surface area contributed by atoms with Gasteiger partial charge in [0.05, 0.1) is 7.11 Å². The van der Waals surface area contributed by atoms with Gasteiger partial charge in [-0.2, -0.15) is 0 Å².